The number of aromatic nitrogens is 3. The van der Waals surface area contributed by atoms with Gasteiger partial charge in [-0.25, -0.2) is 9.97 Å². The van der Waals surface area contributed by atoms with Crippen LogP contribution in [0.3, 0.4) is 0 Å². The second kappa shape index (κ2) is 6.45. The number of carbonyl (C=O) groups is 1. The van der Waals surface area contributed by atoms with Gasteiger partial charge in [0.25, 0.3) is 0 Å². The van der Waals surface area contributed by atoms with Crippen LogP contribution in [0.2, 0.25) is 0 Å². The van der Waals surface area contributed by atoms with E-state index < -0.39 is 11.0 Å². The van der Waals surface area contributed by atoms with E-state index in [0.29, 0.717) is 28.2 Å². The van der Waals surface area contributed by atoms with Crippen LogP contribution in [-0.4, -0.2) is 26.2 Å². The molecule has 3 rings (SSSR count). The monoisotopic (exact) mass is 347 g/mol. The lowest BCUT2D eigenvalue weighted by Crippen LogP contribution is -2.25. The molecular formula is C16H14ClN3O4. The van der Waals surface area contributed by atoms with Gasteiger partial charge < -0.3 is 14.4 Å². The molecule has 0 spiro atoms. The molecule has 8 heteroatoms. The molecule has 0 saturated heterocycles. The summed E-state index contributed by atoms with van der Waals surface area (Å²) in [4.78, 5) is 18.9. The fraction of sp³-hybridized carbons (Fsp3) is 0.250. The van der Waals surface area contributed by atoms with Crippen LogP contribution in [0.1, 0.15) is 24.9 Å². The molecule has 1 N–H and O–H groups in total. The molecule has 2 aromatic heterocycles. The van der Waals surface area contributed by atoms with Crippen LogP contribution in [0, 0.1) is 0 Å². The Morgan fingerprint density at radius 1 is 1.38 bits per heavy atom. The second-order valence-corrected chi connectivity index (χ2v) is 5.99. The lowest BCUT2D eigenvalue weighted by molar-refractivity contribution is -0.136. The Balaban J connectivity index is 1.87. The van der Waals surface area contributed by atoms with Gasteiger partial charge in [-0.05, 0) is 31.2 Å². The first-order chi connectivity index (χ1) is 11.5. The molecule has 3 aromatic rings. The Kier molecular flexibility index (Phi) is 4.35. The van der Waals surface area contributed by atoms with Crippen molar-refractivity contribution in [2.75, 3.05) is 0 Å². The normalized spacial score (nSPS) is 13.6. The number of hydrogen-bond donors (Lipinski definition) is 1. The molecule has 1 atom stereocenters. The Bertz CT molecular complexity index is 864. The van der Waals surface area contributed by atoms with E-state index in [4.69, 9.17) is 26.0 Å². The second-order valence-electron chi connectivity index (χ2n) is 5.27. The number of carboxylic acids is 1. The first-order valence-corrected chi connectivity index (χ1v) is 7.59. The number of benzene rings is 1. The molecule has 124 valence electrons. The van der Waals surface area contributed by atoms with Crippen LogP contribution in [0.5, 0.6) is 5.75 Å². The molecule has 0 aliphatic carbocycles. The molecule has 0 aliphatic heterocycles. The highest BCUT2D eigenvalue weighted by atomic mass is 35.5. The van der Waals surface area contributed by atoms with Crippen molar-refractivity contribution in [1.82, 2.24) is 15.1 Å². The Labute approximate surface area is 142 Å². The van der Waals surface area contributed by atoms with Gasteiger partial charge in [-0.2, -0.15) is 0 Å². The minimum atomic E-state index is -1.24. The summed E-state index contributed by atoms with van der Waals surface area (Å²) in [5, 5.41) is 12.2. The predicted octanol–water partition coefficient (Wildman–Crippen LogP) is 3.13. The van der Waals surface area contributed by atoms with E-state index in [0.717, 1.165) is 0 Å². The zero-order chi connectivity index (χ0) is 17.2. The number of carboxylic acid groups (broad SMARTS) is 1. The van der Waals surface area contributed by atoms with Crippen molar-refractivity contribution in [2.24, 2.45) is 0 Å². The lowest BCUT2D eigenvalue weighted by Gasteiger charge is -2.22. The minimum Gasteiger partial charge on any atom is -0.481 e. The number of aryl methyl sites for hydroxylation is 1. The van der Waals surface area contributed by atoms with Crippen molar-refractivity contribution < 1.29 is 19.2 Å². The van der Waals surface area contributed by atoms with Crippen molar-refractivity contribution in [3.05, 3.63) is 48.2 Å². The van der Waals surface area contributed by atoms with E-state index >= 15 is 0 Å². The van der Waals surface area contributed by atoms with E-state index in [-0.39, 0.29) is 12.8 Å². The first kappa shape index (κ1) is 16.2. The highest BCUT2D eigenvalue weighted by molar-refractivity contribution is 6.22. The van der Waals surface area contributed by atoms with E-state index in [1.807, 2.05) is 0 Å². The molecule has 7 nitrogen and oxygen atoms in total. The number of hydrogen-bond acceptors (Lipinski definition) is 6. The largest absolute Gasteiger partial charge is 0.481 e. The maximum Gasteiger partial charge on any atom is 0.303 e. The van der Waals surface area contributed by atoms with Crippen molar-refractivity contribution >= 4 is 28.5 Å². The first-order valence-electron chi connectivity index (χ1n) is 7.21. The minimum absolute atomic E-state index is 0.0300. The average molecular weight is 348 g/mol. The van der Waals surface area contributed by atoms with Gasteiger partial charge in [-0.1, -0.05) is 16.8 Å². The zero-order valence-electron chi connectivity index (χ0n) is 12.8. The summed E-state index contributed by atoms with van der Waals surface area (Å²) in [5.41, 5.74) is 1.11. The summed E-state index contributed by atoms with van der Waals surface area (Å²) >= 11 is 6.40. The molecule has 0 aliphatic rings. The number of fused-ring (bicyclic) bond motifs is 1. The molecule has 1 unspecified atom stereocenters. The summed E-state index contributed by atoms with van der Waals surface area (Å²) in [7, 11) is 0. The summed E-state index contributed by atoms with van der Waals surface area (Å²) in [6.45, 7) is 1.65. The Morgan fingerprint density at radius 2 is 2.12 bits per heavy atom. The number of nitrogens with zero attached hydrogens (tertiary/aromatic N) is 3. The highest BCUT2D eigenvalue weighted by Crippen LogP contribution is 2.32. The number of aliphatic carboxylic acids is 1. The maximum atomic E-state index is 10.7. The van der Waals surface area contributed by atoms with Crippen LogP contribution in [0.4, 0.5) is 0 Å². The van der Waals surface area contributed by atoms with Gasteiger partial charge in [0, 0.05) is 24.2 Å². The summed E-state index contributed by atoms with van der Waals surface area (Å²) in [5.74, 6) is -0.0801. The maximum absolute atomic E-state index is 10.7. The van der Waals surface area contributed by atoms with Crippen LogP contribution in [0.25, 0.3) is 11.0 Å². The standard InChI is InChI=1S/C16H14ClN3O4/c1-16(17,15-18-7-2-8-19-15)23-10-3-5-13-11(9-10)12(20-24-13)4-6-14(21)22/h2-3,5,7-9H,4,6H2,1H3,(H,21,22). The van der Waals surface area contributed by atoms with E-state index in [9.17, 15) is 4.79 Å². The van der Waals surface area contributed by atoms with E-state index in [2.05, 4.69) is 15.1 Å². The molecular weight excluding hydrogens is 334 g/mol. The number of alkyl halides is 1. The van der Waals surface area contributed by atoms with Gasteiger partial charge in [0.2, 0.25) is 5.06 Å². The average Bonchev–Trinajstić information content (AvgIpc) is 2.96. The van der Waals surface area contributed by atoms with Crippen LogP contribution >= 0.6 is 11.6 Å². The van der Waals surface area contributed by atoms with Gasteiger partial charge in [0.1, 0.15) is 5.75 Å². The quantitative estimate of drug-likeness (QED) is 0.684. The highest BCUT2D eigenvalue weighted by Gasteiger charge is 2.29. The molecule has 0 radical (unpaired) electrons. The summed E-state index contributed by atoms with van der Waals surface area (Å²) in [6.07, 6.45) is 3.41. The Hall–Kier alpha value is -2.67. The van der Waals surface area contributed by atoms with Crippen LogP contribution < -0.4 is 4.74 Å². The third kappa shape index (κ3) is 3.46. The third-order valence-corrected chi connectivity index (χ3v) is 3.61. The van der Waals surface area contributed by atoms with Gasteiger partial charge in [-0.3, -0.25) is 4.79 Å². The lowest BCUT2D eigenvalue weighted by atomic mass is 10.1. The molecule has 0 fully saturated rings. The van der Waals surface area contributed by atoms with Gasteiger partial charge >= 0.3 is 5.97 Å². The van der Waals surface area contributed by atoms with Crippen molar-refractivity contribution in [3.63, 3.8) is 0 Å². The topological polar surface area (TPSA) is 98.3 Å². The van der Waals surface area contributed by atoms with E-state index in [1.165, 1.54) is 0 Å². The zero-order valence-corrected chi connectivity index (χ0v) is 13.5. The number of rotatable bonds is 6. The van der Waals surface area contributed by atoms with Crippen molar-refractivity contribution in [1.29, 1.82) is 0 Å². The SMILES string of the molecule is CC(Cl)(Oc1ccc2onc(CCC(=O)O)c2c1)c1ncccn1. The molecule has 0 bridgehead atoms. The van der Waals surface area contributed by atoms with Gasteiger partial charge in [-0.15, -0.1) is 0 Å². The van der Waals surface area contributed by atoms with E-state index in [1.54, 1.807) is 43.6 Å². The molecule has 0 amide bonds. The smallest absolute Gasteiger partial charge is 0.303 e. The van der Waals surface area contributed by atoms with Gasteiger partial charge in [0.15, 0.2) is 11.4 Å². The molecule has 24 heavy (non-hydrogen) atoms. The van der Waals surface area contributed by atoms with Gasteiger partial charge in [0.05, 0.1) is 12.1 Å². The van der Waals surface area contributed by atoms with Crippen molar-refractivity contribution in [2.45, 2.75) is 24.8 Å². The number of ether oxygens (including phenoxy) is 1. The van der Waals surface area contributed by atoms with Crippen molar-refractivity contribution in [3.8, 4) is 5.75 Å². The molecule has 0 saturated carbocycles. The predicted molar refractivity (Wildman–Crippen MR) is 85.8 cm³/mol. The third-order valence-electron chi connectivity index (χ3n) is 3.37. The fourth-order valence-electron chi connectivity index (χ4n) is 2.23. The summed E-state index contributed by atoms with van der Waals surface area (Å²) < 4.78 is 11.0. The summed E-state index contributed by atoms with van der Waals surface area (Å²) in [6, 6.07) is 6.79. The van der Waals surface area contributed by atoms with Crippen LogP contribution in [-0.2, 0) is 16.3 Å². The number of halogens is 1. The molecule has 2 heterocycles. The Morgan fingerprint density at radius 3 is 2.83 bits per heavy atom. The fourth-order valence-corrected chi connectivity index (χ4v) is 2.42. The van der Waals surface area contributed by atoms with Crippen LogP contribution in [0.15, 0.2) is 41.2 Å². The molecule has 1 aromatic carbocycles.